The number of aliphatic hydroxyl groups is 1. The van der Waals surface area contributed by atoms with Gasteiger partial charge in [-0.05, 0) is 80.5 Å². The molecule has 1 N–H and O–H groups in total. The Kier molecular flexibility index (Phi) is 3.77. The van der Waals surface area contributed by atoms with Crippen LogP contribution in [-0.2, 0) is 9.59 Å². The van der Waals surface area contributed by atoms with Gasteiger partial charge in [-0.1, -0.05) is 13.8 Å². The highest BCUT2D eigenvalue weighted by atomic mass is 16.3. The van der Waals surface area contributed by atoms with Crippen molar-refractivity contribution in [2.24, 2.45) is 40.4 Å². The normalized spacial score (nSPS) is 53.9. The summed E-state index contributed by atoms with van der Waals surface area (Å²) < 4.78 is 0. The number of aliphatic hydroxyl groups excluding tert-OH is 1. The fourth-order valence-electron chi connectivity index (χ4n) is 7.72. The maximum Gasteiger partial charge on any atom is 0.137 e. The molecule has 134 valence electrons. The second-order valence-electron chi connectivity index (χ2n) is 9.85. The quantitative estimate of drug-likeness (QED) is 0.795. The minimum absolute atomic E-state index is 0.0782. The van der Waals surface area contributed by atoms with Crippen LogP contribution in [0.2, 0.25) is 0 Å². The molecule has 0 bridgehead atoms. The van der Waals surface area contributed by atoms with Crippen LogP contribution in [0.3, 0.4) is 0 Å². The average molecular weight is 332 g/mol. The predicted molar refractivity (Wildman–Crippen MR) is 92.3 cm³/mol. The van der Waals surface area contributed by atoms with E-state index < -0.39 is 0 Å². The summed E-state index contributed by atoms with van der Waals surface area (Å²) >= 11 is 0. The molecule has 0 heterocycles. The number of ketones is 2. The van der Waals surface area contributed by atoms with Gasteiger partial charge < -0.3 is 5.11 Å². The summed E-state index contributed by atoms with van der Waals surface area (Å²) in [5, 5.41) is 10.1. The molecule has 0 aromatic carbocycles. The van der Waals surface area contributed by atoms with E-state index in [2.05, 4.69) is 13.8 Å². The zero-order chi connectivity index (χ0) is 17.3. The Bertz CT molecular complexity index is 569. The van der Waals surface area contributed by atoms with E-state index in [9.17, 15) is 14.7 Å². The Balaban J connectivity index is 1.68. The molecule has 0 saturated heterocycles. The molecule has 0 spiro atoms. The lowest BCUT2D eigenvalue weighted by atomic mass is 9.44. The van der Waals surface area contributed by atoms with Gasteiger partial charge in [-0.2, -0.15) is 0 Å². The van der Waals surface area contributed by atoms with E-state index in [4.69, 9.17) is 0 Å². The predicted octanol–water partition coefficient (Wildman–Crippen LogP) is 3.77. The lowest BCUT2D eigenvalue weighted by Gasteiger charge is -2.59. The minimum Gasteiger partial charge on any atom is -0.393 e. The Labute approximate surface area is 145 Å². The van der Waals surface area contributed by atoms with Crippen LogP contribution in [0.4, 0.5) is 0 Å². The van der Waals surface area contributed by atoms with Crippen molar-refractivity contribution in [3.05, 3.63) is 0 Å². The van der Waals surface area contributed by atoms with Crippen molar-refractivity contribution in [2.45, 2.75) is 78.2 Å². The molecule has 3 nitrogen and oxygen atoms in total. The number of rotatable bonds is 1. The van der Waals surface area contributed by atoms with Gasteiger partial charge in [0.2, 0.25) is 0 Å². The molecule has 8 atom stereocenters. The third-order valence-corrected chi connectivity index (χ3v) is 8.81. The van der Waals surface area contributed by atoms with Gasteiger partial charge in [-0.25, -0.2) is 0 Å². The van der Waals surface area contributed by atoms with Crippen LogP contribution >= 0.6 is 0 Å². The molecule has 0 aliphatic heterocycles. The van der Waals surface area contributed by atoms with E-state index in [0.29, 0.717) is 30.0 Å². The lowest BCUT2D eigenvalue weighted by Crippen LogP contribution is -2.58. The highest BCUT2D eigenvalue weighted by molar-refractivity contribution is 5.87. The zero-order valence-corrected chi connectivity index (χ0v) is 15.4. The van der Waals surface area contributed by atoms with Gasteiger partial charge in [0, 0.05) is 18.3 Å². The fourth-order valence-corrected chi connectivity index (χ4v) is 7.72. The van der Waals surface area contributed by atoms with Gasteiger partial charge in [0.15, 0.2) is 0 Å². The number of carbonyl (C=O) groups excluding carboxylic acids is 2. The first kappa shape index (κ1) is 16.8. The summed E-state index contributed by atoms with van der Waals surface area (Å²) in [6, 6.07) is 0. The van der Waals surface area contributed by atoms with Crippen molar-refractivity contribution in [3.8, 4) is 0 Å². The van der Waals surface area contributed by atoms with Crippen LogP contribution in [-0.4, -0.2) is 22.8 Å². The van der Waals surface area contributed by atoms with Gasteiger partial charge in [0.1, 0.15) is 11.6 Å². The first-order valence-corrected chi connectivity index (χ1v) is 9.98. The van der Waals surface area contributed by atoms with Crippen molar-refractivity contribution < 1.29 is 14.7 Å². The summed E-state index contributed by atoms with van der Waals surface area (Å²) in [6.45, 7) is 6.28. The van der Waals surface area contributed by atoms with E-state index in [-0.39, 0.29) is 34.6 Å². The van der Waals surface area contributed by atoms with Gasteiger partial charge in [-0.3, -0.25) is 9.59 Å². The average Bonchev–Trinajstić information content (AvgIpc) is 2.84. The molecule has 5 unspecified atom stereocenters. The number of Topliss-reactive ketones (excluding diaryl/α,β-unsaturated/α-hetero) is 2. The van der Waals surface area contributed by atoms with E-state index in [1.807, 2.05) is 0 Å². The standard InChI is InChI=1S/C21H32O3/c1-12(22)16-6-7-17-15-5-4-13-10-14(23)8-9-20(13,2)19(15)18(24)11-21(16,17)3/h13-17,19,23H,4-11H2,1-3H3/t13?,14?,15?,16-,17?,19?,20+,21-/m1/s1. The van der Waals surface area contributed by atoms with Crippen LogP contribution in [0.15, 0.2) is 0 Å². The topological polar surface area (TPSA) is 54.4 Å². The first-order valence-electron chi connectivity index (χ1n) is 9.98. The molecule has 24 heavy (non-hydrogen) atoms. The highest BCUT2D eigenvalue weighted by Gasteiger charge is 2.63. The Hall–Kier alpha value is -0.700. The Morgan fingerprint density at radius 3 is 2.54 bits per heavy atom. The van der Waals surface area contributed by atoms with Gasteiger partial charge in [0.25, 0.3) is 0 Å². The summed E-state index contributed by atoms with van der Waals surface area (Å²) in [5.74, 6) is 2.48. The van der Waals surface area contributed by atoms with Crippen molar-refractivity contribution in [3.63, 3.8) is 0 Å². The van der Waals surface area contributed by atoms with Crippen LogP contribution in [0.5, 0.6) is 0 Å². The zero-order valence-electron chi connectivity index (χ0n) is 15.4. The molecule has 0 amide bonds. The first-order chi connectivity index (χ1) is 11.3. The van der Waals surface area contributed by atoms with Crippen molar-refractivity contribution in [2.75, 3.05) is 0 Å². The van der Waals surface area contributed by atoms with Crippen LogP contribution in [0, 0.1) is 40.4 Å². The monoisotopic (exact) mass is 332 g/mol. The minimum atomic E-state index is -0.169. The van der Waals surface area contributed by atoms with Crippen molar-refractivity contribution in [1.82, 2.24) is 0 Å². The molecule has 0 radical (unpaired) electrons. The van der Waals surface area contributed by atoms with Gasteiger partial charge >= 0.3 is 0 Å². The number of fused-ring (bicyclic) bond motifs is 5. The number of carbonyl (C=O) groups is 2. The molecule has 4 aliphatic rings. The van der Waals surface area contributed by atoms with Crippen LogP contribution in [0.25, 0.3) is 0 Å². The summed E-state index contributed by atoms with van der Waals surface area (Å²) in [4.78, 5) is 25.5. The van der Waals surface area contributed by atoms with Gasteiger partial charge in [-0.15, -0.1) is 0 Å². The molecule has 0 aromatic heterocycles. The van der Waals surface area contributed by atoms with Gasteiger partial charge in [0.05, 0.1) is 6.10 Å². The maximum absolute atomic E-state index is 13.3. The third-order valence-electron chi connectivity index (χ3n) is 8.81. The summed E-state index contributed by atoms with van der Waals surface area (Å²) in [5.41, 5.74) is -0.0175. The second kappa shape index (κ2) is 5.40. The van der Waals surface area contributed by atoms with E-state index in [1.165, 1.54) is 0 Å². The third kappa shape index (κ3) is 2.12. The largest absolute Gasteiger partial charge is 0.393 e. The number of hydrogen-bond donors (Lipinski definition) is 1. The molecule has 3 heteroatoms. The molecule has 0 aromatic rings. The summed E-state index contributed by atoms with van der Waals surface area (Å²) in [7, 11) is 0. The molecule has 4 aliphatic carbocycles. The van der Waals surface area contributed by atoms with E-state index in [1.54, 1.807) is 6.92 Å². The fraction of sp³-hybridized carbons (Fsp3) is 0.905. The molecular formula is C21H32O3. The van der Waals surface area contributed by atoms with E-state index in [0.717, 1.165) is 44.9 Å². The van der Waals surface area contributed by atoms with Crippen LogP contribution < -0.4 is 0 Å². The number of hydrogen-bond acceptors (Lipinski definition) is 3. The van der Waals surface area contributed by atoms with Crippen LogP contribution in [0.1, 0.15) is 72.1 Å². The maximum atomic E-state index is 13.3. The molecule has 4 fully saturated rings. The second-order valence-corrected chi connectivity index (χ2v) is 9.85. The highest BCUT2D eigenvalue weighted by Crippen LogP contribution is 2.66. The molecule has 4 saturated carbocycles. The smallest absolute Gasteiger partial charge is 0.137 e. The van der Waals surface area contributed by atoms with E-state index >= 15 is 0 Å². The molecular weight excluding hydrogens is 300 g/mol. The molecule has 4 rings (SSSR count). The Morgan fingerprint density at radius 2 is 1.83 bits per heavy atom. The Morgan fingerprint density at radius 1 is 1.08 bits per heavy atom. The van der Waals surface area contributed by atoms with Crippen molar-refractivity contribution in [1.29, 1.82) is 0 Å². The summed E-state index contributed by atoms with van der Waals surface area (Å²) in [6.07, 6.45) is 7.53. The lowest BCUT2D eigenvalue weighted by molar-refractivity contribution is -0.162. The SMILES string of the molecule is CC(=O)[C@H]1CCC2C3CCC4CC(O)CC[C@]4(C)C3C(=O)C[C@@]21C. The van der Waals surface area contributed by atoms with Crippen molar-refractivity contribution >= 4 is 11.6 Å².